The van der Waals surface area contributed by atoms with Gasteiger partial charge in [-0.15, -0.1) is 0 Å². The highest BCUT2D eigenvalue weighted by Crippen LogP contribution is 2.13. The summed E-state index contributed by atoms with van der Waals surface area (Å²) < 4.78 is 1.79. The van der Waals surface area contributed by atoms with Crippen molar-refractivity contribution in [2.45, 2.75) is 20.4 Å². The summed E-state index contributed by atoms with van der Waals surface area (Å²) in [6, 6.07) is 9.50. The summed E-state index contributed by atoms with van der Waals surface area (Å²) in [5.41, 5.74) is 3.86. The number of aromatic nitrogens is 2. The van der Waals surface area contributed by atoms with E-state index in [4.69, 9.17) is 5.26 Å². The Kier molecular flexibility index (Phi) is 3.24. The maximum atomic E-state index is 10.9. The number of benzene rings is 1. The Balaban J connectivity index is 2.34. The highest BCUT2D eigenvalue weighted by atomic mass is 16.1. The number of aldehydes is 1. The van der Waals surface area contributed by atoms with Gasteiger partial charge in [0.25, 0.3) is 0 Å². The molecule has 0 saturated carbocycles. The van der Waals surface area contributed by atoms with Gasteiger partial charge in [0, 0.05) is 5.69 Å². The molecule has 0 unspecified atom stereocenters. The van der Waals surface area contributed by atoms with E-state index >= 15 is 0 Å². The third-order valence-electron chi connectivity index (χ3n) is 2.94. The minimum absolute atomic E-state index is 0.566. The molecule has 0 saturated heterocycles. The summed E-state index contributed by atoms with van der Waals surface area (Å²) in [7, 11) is 0. The van der Waals surface area contributed by atoms with E-state index in [-0.39, 0.29) is 0 Å². The molecule has 4 nitrogen and oxygen atoms in total. The average Bonchev–Trinajstić information content (AvgIpc) is 2.64. The number of hydrogen-bond acceptors (Lipinski definition) is 3. The molecule has 0 aliphatic heterocycles. The van der Waals surface area contributed by atoms with E-state index in [9.17, 15) is 4.79 Å². The molecule has 2 rings (SSSR count). The molecule has 0 bridgehead atoms. The fourth-order valence-electron chi connectivity index (χ4n) is 1.95. The molecule has 1 aromatic heterocycles. The summed E-state index contributed by atoms with van der Waals surface area (Å²) >= 11 is 0. The van der Waals surface area contributed by atoms with Crippen molar-refractivity contribution in [3.8, 4) is 6.07 Å². The Bertz CT molecular complexity index is 635. The van der Waals surface area contributed by atoms with Crippen LogP contribution in [0.5, 0.6) is 0 Å². The van der Waals surface area contributed by atoms with E-state index in [0.717, 1.165) is 23.2 Å². The second kappa shape index (κ2) is 4.84. The first-order valence-electron chi connectivity index (χ1n) is 5.64. The second-order valence-electron chi connectivity index (χ2n) is 4.17. The van der Waals surface area contributed by atoms with Crippen LogP contribution in [0.15, 0.2) is 24.3 Å². The number of hydrogen-bond donors (Lipinski definition) is 0. The second-order valence-corrected chi connectivity index (χ2v) is 4.17. The molecule has 0 amide bonds. The first kappa shape index (κ1) is 12.1. The lowest BCUT2D eigenvalue weighted by Gasteiger charge is -2.05. The Morgan fingerprint density at radius 3 is 2.83 bits per heavy atom. The van der Waals surface area contributed by atoms with Crippen LogP contribution in [0, 0.1) is 25.2 Å². The number of nitrogens with zero attached hydrogens (tertiary/aromatic N) is 3. The summed E-state index contributed by atoms with van der Waals surface area (Å²) in [5.74, 6) is 0. The van der Waals surface area contributed by atoms with Crippen molar-refractivity contribution in [3.05, 3.63) is 52.3 Å². The van der Waals surface area contributed by atoms with Crippen LogP contribution in [-0.4, -0.2) is 16.1 Å². The molecule has 18 heavy (non-hydrogen) atoms. The average molecular weight is 239 g/mol. The van der Waals surface area contributed by atoms with Gasteiger partial charge in [-0.1, -0.05) is 12.1 Å². The van der Waals surface area contributed by atoms with Gasteiger partial charge in [0.2, 0.25) is 0 Å². The zero-order valence-electron chi connectivity index (χ0n) is 10.3. The van der Waals surface area contributed by atoms with Crippen LogP contribution in [0.3, 0.4) is 0 Å². The molecule has 0 atom stereocenters. The zero-order chi connectivity index (χ0) is 13.1. The molecule has 0 aliphatic rings. The van der Waals surface area contributed by atoms with Crippen molar-refractivity contribution in [2.24, 2.45) is 0 Å². The van der Waals surface area contributed by atoms with Crippen LogP contribution in [0.4, 0.5) is 0 Å². The summed E-state index contributed by atoms with van der Waals surface area (Å²) in [5, 5.41) is 13.2. The molecule has 0 aliphatic carbocycles. The highest BCUT2D eigenvalue weighted by Gasteiger charge is 2.10. The SMILES string of the molecule is Cc1nn(Cc2cccc(C#N)c2)c(C)c1C=O. The first-order chi connectivity index (χ1) is 8.65. The third-order valence-corrected chi connectivity index (χ3v) is 2.94. The van der Waals surface area contributed by atoms with Crippen LogP contribution in [-0.2, 0) is 6.54 Å². The third kappa shape index (κ3) is 2.16. The van der Waals surface area contributed by atoms with E-state index in [1.807, 2.05) is 32.0 Å². The van der Waals surface area contributed by atoms with Crippen molar-refractivity contribution >= 4 is 6.29 Å². The van der Waals surface area contributed by atoms with Crippen LogP contribution in [0.25, 0.3) is 0 Å². The van der Waals surface area contributed by atoms with Crippen LogP contribution in [0.1, 0.15) is 32.9 Å². The summed E-state index contributed by atoms with van der Waals surface area (Å²) in [6.45, 7) is 4.26. The van der Waals surface area contributed by atoms with Crippen LogP contribution in [0.2, 0.25) is 0 Å². The Labute approximate surface area is 105 Å². The zero-order valence-corrected chi connectivity index (χ0v) is 10.3. The van der Waals surface area contributed by atoms with Crippen molar-refractivity contribution in [2.75, 3.05) is 0 Å². The molecule has 0 spiro atoms. The Morgan fingerprint density at radius 1 is 1.44 bits per heavy atom. The highest BCUT2D eigenvalue weighted by molar-refractivity contribution is 5.78. The lowest BCUT2D eigenvalue weighted by molar-refractivity contribution is 0.112. The number of aryl methyl sites for hydroxylation is 1. The van der Waals surface area contributed by atoms with Gasteiger partial charge in [-0.05, 0) is 31.5 Å². The monoisotopic (exact) mass is 239 g/mol. The first-order valence-corrected chi connectivity index (χ1v) is 5.64. The largest absolute Gasteiger partial charge is 0.298 e. The van der Waals surface area contributed by atoms with E-state index in [1.165, 1.54) is 0 Å². The van der Waals surface area contributed by atoms with Crippen LogP contribution >= 0.6 is 0 Å². The molecule has 4 heteroatoms. The fraction of sp³-hybridized carbons (Fsp3) is 0.214. The van der Waals surface area contributed by atoms with Crippen molar-refractivity contribution < 1.29 is 4.79 Å². The lowest BCUT2D eigenvalue weighted by Crippen LogP contribution is -2.04. The molecular formula is C14H13N3O. The van der Waals surface area contributed by atoms with Crippen molar-refractivity contribution in [3.63, 3.8) is 0 Å². The molecule has 1 aromatic carbocycles. The van der Waals surface area contributed by atoms with Gasteiger partial charge in [-0.25, -0.2) is 0 Å². The predicted molar refractivity (Wildman–Crippen MR) is 67.3 cm³/mol. The Hall–Kier alpha value is -2.41. The standard InChI is InChI=1S/C14H13N3O/c1-10-14(9-18)11(2)17(16-10)8-13-5-3-4-12(6-13)7-15/h3-6,9H,8H2,1-2H3. The van der Waals surface area contributed by atoms with E-state index in [2.05, 4.69) is 11.2 Å². The number of carbonyl (C=O) groups is 1. The van der Waals surface area contributed by atoms with Crippen molar-refractivity contribution in [1.82, 2.24) is 9.78 Å². The van der Waals surface area contributed by atoms with Gasteiger partial charge in [-0.3, -0.25) is 9.48 Å². The fourth-order valence-corrected chi connectivity index (χ4v) is 1.95. The number of nitriles is 1. The lowest BCUT2D eigenvalue weighted by atomic mass is 10.1. The van der Waals surface area contributed by atoms with Crippen LogP contribution < -0.4 is 0 Å². The molecule has 0 radical (unpaired) electrons. The minimum Gasteiger partial charge on any atom is -0.298 e. The van der Waals surface area contributed by atoms with E-state index < -0.39 is 0 Å². The predicted octanol–water partition coefficient (Wildman–Crippen LogP) is 2.23. The molecule has 2 aromatic rings. The van der Waals surface area contributed by atoms with Gasteiger partial charge in [-0.2, -0.15) is 10.4 Å². The molecule has 90 valence electrons. The Morgan fingerprint density at radius 2 is 2.22 bits per heavy atom. The molecule has 1 heterocycles. The molecule has 0 N–H and O–H groups in total. The quantitative estimate of drug-likeness (QED) is 0.772. The van der Waals surface area contributed by atoms with Gasteiger partial charge >= 0.3 is 0 Å². The van der Waals surface area contributed by atoms with Gasteiger partial charge in [0.15, 0.2) is 6.29 Å². The van der Waals surface area contributed by atoms with Crippen molar-refractivity contribution in [1.29, 1.82) is 5.26 Å². The summed E-state index contributed by atoms with van der Waals surface area (Å²) in [6.07, 6.45) is 0.833. The normalized spacial score (nSPS) is 10.1. The summed E-state index contributed by atoms with van der Waals surface area (Å²) in [4.78, 5) is 10.9. The maximum Gasteiger partial charge on any atom is 0.153 e. The number of carbonyl (C=O) groups excluding carboxylic acids is 1. The molecular weight excluding hydrogens is 226 g/mol. The minimum atomic E-state index is 0.566. The van der Waals surface area contributed by atoms with E-state index in [1.54, 1.807) is 10.7 Å². The van der Waals surface area contributed by atoms with Gasteiger partial charge in [0.05, 0.1) is 29.4 Å². The smallest absolute Gasteiger partial charge is 0.153 e. The topological polar surface area (TPSA) is 58.7 Å². The maximum absolute atomic E-state index is 10.9. The van der Waals surface area contributed by atoms with E-state index in [0.29, 0.717) is 17.7 Å². The van der Waals surface area contributed by atoms with Gasteiger partial charge in [0.1, 0.15) is 0 Å². The molecule has 0 fully saturated rings. The number of rotatable bonds is 3. The van der Waals surface area contributed by atoms with Gasteiger partial charge < -0.3 is 0 Å².